The van der Waals surface area contributed by atoms with Crippen LogP contribution >= 0.6 is 0 Å². The predicted octanol–water partition coefficient (Wildman–Crippen LogP) is 0.637. The first kappa shape index (κ1) is 16.9. The van der Waals surface area contributed by atoms with Crippen molar-refractivity contribution in [2.75, 3.05) is 0 Å². The number of nitrogens with zero attached hydrogens (tertiary/aromatic N) is 2. The summed E-state index contributed by atoms with van der Waals surface area (Å²) in [5, 5.41) is 17.1. The molecule has 0 aliphatic heterocycles. The zero-order valence-electron chi connectivity index (χ0n) is 10.3. The SMILES string of the molecule is CC(NS(=O)(=O)c1ccc(C#N)nc1)(C(=O)O)C(F)(F)F. The van der Waals surface area contributed by atoms with Crippen molar-refractivity contribution in [2.24, 2.45) is 0 Å². The number of nitriles is 1. The number of hydrogen-bond acceptors (Lipinski definition) is 5. The summed E-state index contributed by atoms with van der Waals surface area (Å²) >= 11 is 0. The summed E-state index contributed by atoms with van der Waals surface area (Å²) < 4.78 is 63.0. The van der Waals surface area contributed by atoms with Crippen molar-refractivity contribution in [2.45, 2.75) is 23.5 Å². The largest absolute Gasteiger partial charge is 0.480 e. The van der Waals surface area contributed by atoms with E-state index in [1.165, 1.54) is 0 Å². The molecule has 0 fully saturated rings. The van der Waals surface area contributed by atoms with E-state index < -0.39 is 32.6 Å². The van der Waals surface area contributed by atoms with E-state index in [9.17, 15) is 26.4 Å². The van der Waals surface area contributed by atoms with Gasteiger partial charge in [0.15, 0.2) is 0 Å². The van der Waals surface area contributed by atoms with Crippen molar-refractivity contribution in [3.05, 3.63) is 24.0 Å². The molecule has 1 aromatic rings. The number of carbonyl (C=O) groups is 1. The molecule has 1 unspecified atom stereocenters. The Morgan fingerprint density at radius 1 is 1.43 bits per heavy atom. The lowest BCUT2D eigenvalue weighted by molar-refractivity contribution is -0.201. The number of halogens is 3. The third kappa shape index (κ3) is 3.29. The van der Waals surface area contributed by atoms with Gasteiger partial charge < -0.3 is 5.11 Å². The van der Waals surface area contributed by atoms with Gasteiger partial charge in [-0.2, -0.15) is 23.2 Å². The Morgan fingerprint density at radius 2 is 2.00 bits per heavy atom. The Hall–Kier alpha value is -2.19. The number of rotatable bonds is 4. The van der Waals surface area contributed by atoms with Crippen LogP contribution in [-0.2, 0) is 14.8 Å². The molecule has 0 saturated carbocycles. The zero-order valence-corrected chi connectivity index (χ0v) is 11.2. The van der Waals surface area contributed by atoms with Crippen molar-refractivity contribution in [3.8, 4) is 6.07 Å². The molecule has 7 nitrogen and oxygen atoms in total. The highest BCUT2D eigenvalue weighted by Crippen LogP contribution is 2.31. The first-order chi connectivity index (χ1) is 9.44. The summed E-state index contributed by atoms with van der Waals surface area (Å²) in [6.45, 7) is 0.184. The molecule has 11 heteroatoms. The molecular formula is C10H8F3N3O4S. The van der Waals surface area contributed by atoms with Crippen LogP contribution in [-0.4, -0.2) is 36.2 Å². The van der Waals surface area contributed by atoms with Gasteiger partial charge in [0.1, 0.15) is 16.7 Å². The summed E-state index contributed by atoms with van der Waals surface area (Å²) in [7, 11) is -4.79. The lowest BCUT2D eigenvalue weighted by atomic mass is 10.0. The van der Waals surface area contributed by atoms with E-state index in [0.29, 0.717) is 6.20 Å². The van der Waals surface area contributed by atoms with Crippen molar-refractivity contribution in [1.29, 1.82) is 5.26 Å². The second-order valence-corrected chi connectivity index (χ2v) is 5.71. The number of carboxylic acid groups (broad SMARTS) is 1. The number of aliphatic carboxylic acids is 1. The average molecular weight is 323 g/mol. The van der Waals surface area contributed by atoms with E-state index in [2.05, 4.69) is 4.98 Å². The lowest BCUT2D eigenvalue weighted by Gasteiger charge is -2.28. The molecule has 114 valence electrons. The molecule has 0 aromatic carbocycles. The third-order valence-corrected chi connectivity index (χ3v) is 4.03. The summed E-state index contributed by atoms with van der Waals surface area (Å²) in [5.74, 6) is -2.40. The molecule has 0 amide bonds. The first-order valence-corrected chi connectivity index (χ1v) is 6.62. The molecular weight excluding hydrogens is 315 g/mol. The van der Waals surface area contributed by atoms with E-state index >= 15 is 0 Å². The monoisotopic (exact) mass is 323 g/mol. The highest BCUT2D eigenvalue weighted by Gasteiger charge is 2.59. The third-order valence-electron chi connectivity index (χ3n) is 2.49. The maximum Gasteiger partial charge on any atom is 0.418 e. The fourth-order valence-electron chi connectivity index (χ4n) is 1.16. The van der Waals surface area contributed by atoms with Crippen LogP contribution in [0.25, 0.3) is 0 Å². The zero-order chi connectivity index (χ0) is 16.5. The van der Waals surface area contributed by atoms with E-state index in [1.807, 2.05) is 0 Å². The minimum Gasteiger partial charge on any atom is -0.480 e. The smallest absolute Gasteiger partial charge is 0.418 e. The molecule has 21 heavy (non-hydrogen) atoms. The second kappa shape index (κ2) is 5.30. The fraction of sp³-hybridized carbons (Fsp3) is 0.300. The van der Waals surface area contributed by atoms with Gasteiger partial charge in [-0.1, -0.05) is 0 Å². The Labute approximate surface area is 117 Å². The minimum absolute atomic E-state index is 0.147. The summed E-state index contributed by atoms with van der Waals surface area (Å²) in [6, 6.07) is 3.41. The predicted molar refractivity (Wildman–Crippen MR) is 61.4 cm³/mol. The van der Waals surface area contributed by atoms with E-state index in [4.69, 9.17) is 10.4 Å². The minimum atomic E-state index is -5.36. The molecule has 0 aliphatic carbocycles. The van der Waals surface area contributed by atoms with E-state index in [-0.39, 0.29) is 12.6 Å². The normalized spacial score (nSPS) is 15.0. The molecule has 1 aromatic heterocycles. The number of hydrogen-bond donors (Lipinski definition) is 2. The number of aromatic nitrogens is 1. The summed E-state index contributed by atoms with van der Waals surface area (Å²) in [6.07, 6.45) is -4.70. The number of pyridine rings is 1. The Bertz CT molecular complexity index is 694. The fourth-order valence-corrected chi connectivity index (χ4v) is 2.45. The maximum absolute atomic E-state index is 12.8. The van der Waals surface area contributed by atoms with Gasteiger partial charge in [0.25, 0.3) is 0 Å². The van der Waals surface area contributed by atoms with Gasteiger partial charge in [-0.3, -0.25) is 0 Å². The van der Waals surface area contributed by atoms with Crippen LogP contribution in [0.5, 0.6) is 0 Å². The van der Waals surface area contributed by atoms with Gasteiger partial charge in [0.2, 0.25) is 15.6 Å². The molecule has 0 saturated heterocycles. The number of nitrogens with one attached hydrogen (secondary N) is 1. The van der Waals surface area contributed by atoms with Crippen LogP contribution in [0.4, 0.5) is 13.2 Å². The van der Waals surface area contributed by atoms with Crippen LogP contribution in [0.3, 0.4) is 0 Å². The highest BCUT2D eigenvalue weighted by atomic mass is 32.2. The van der Waals surface area contributed by atoms with E-state index in [0.717, 1.165) is 16.9 Å². The number of sulfonamides is 1. The quantitative estimate of drug-likeness (QED) is 0.839. The molecule has 0 aliphatic rings. The number of alkyl halides is 3. The van der Waals surface area contributed by atoms with Crippen molar-refractivity contribution in [1.82, 2.24) is 9.71 Å². The maximum atomic E-state index is 12.8. The van der Waals surface area contributed by atoms with Gasteiger partial charge in [-0.25, -0.2) is 18.2 Å². The molecule has 0 radical (unpaired) electrons. The highest BCUT2D eigenvalue weighted by molar-refractivity contribution is 7.89. The van der Waals surface area contributed by atoms with Gasteiger partial charge in [0.05, 0.1) is 0 Å². The topological polar surface area (TPSA) is 120 Å². The molecule has 0 spiro atoms. The van der Waals surface area contributed by atoms with Gasteiger partial charge >= 0.3 is 12.1 Å². The van der Waals surface area contributed by atoms with Crippen molar-refractivity contribution in [3.63, 3.8) is 0 Å². The Balaban J connectivity index is 3.25. The molecule has 1 heterocycles. The van der Waals surface area contributed by atoms with Crippen LogP contribution in [0.15, 0.2) is 23.2 Å². The van der Waals surface area contributed by atoms with Gasteiger partial charge in [-0.15, -0.1) is 0 Å². The molecule has 0 bridgehead atoms. The number of carboxylic acids is 1. The van der Waals surface area contributed by atoms with Gasteiger partial charge in [0, 0.05) is 6.20 Å². The Kier molecular flexibility index (Phi) is 4.26. The second-order valence-electron chi connectivity index (χ2n) is 4.02. The Morgan fingerprint density at radius 3 is 2.33 bits per heavy atom. The van der Waals surface area contributed by atoms with Gasteiger partial charge in [-0.05, 0) is 19.1 Å². The average Bonchev–Trinajstić information content (AvgIpc) is 2.36. The summed E-state index contributed by atoms with van der Waals surface area (Å²) in [5.41, 5.74) is -3.84. The van der Waals surface area contributed by atoms with E-state index in [1.54, 1.807) is 6.07 Å². The lowest BCUT2D eigenvalue weighted by Crippen LogP contribution is -2.61. The first-order valence-electron chi connectivity index (χ1n) is 5.14. The van der Waals surface area contributed by atoms with Crippen molar-refractivity contribution >= 4 is 16.0 Å². The van der Waals surface area contributed by atoms with Crippen LogP contribution in [0.1, 0.15) is 12.6 Å². The molecule has 1 rings (SSSR count). The molecule has 2 N–H and O–H groups in total. The molecule has 1 atom stereocenters. The standard InChI is InChI=1S/C10H8F3N3O4S/c1-9(8(17)18,10(11,12)13)16-21(19,20)7-3-2-6(4-14)15-5-7/h2-3,5,16H,1H3,(H,17,18). The van der Waals surface area contributed by atoms with Crippen molar-refractivity contribution < 1.29 is 31.5 Å². The van der Waals surface area contributed by atoms with Crippen LogP contribution in [0.2, 0.25) is 0 Å². The van der Waals surface area contributed by atoms with Crippen LogP contribution in [0, 0.1) is 11.3 Å². The van der Waals surface area contributed by atoms with Crippen LogP contribution < -0.4 is 4.72 Å². The summed E-state index contributed by atoms with van der Waals surface area (Å²) in [4.78, 5) is 13.5.